The number of hydrogen-bond acceptors (Lipinski definition) is 3. The van der Waals surface area contributed by atoms with Gasteiger partial charge < -0.3 is 10.2 Å². The molecule has 0 saturated heterocycles. The normalized spacial score (nSPS) is 14.4. The molecule has 0 atom stereocenters. The summed E-state index contributed by atoms with van der Waals surface area (Å²) in [4.78, 5) is 2.50. The lowest BCUT2D eigenvalue weighted by Crippen LogP contribution is -2.27. The Labute approximate surface area is 135 Å². The van der Waals surface area contributed by atoms with Crippen LogP contribution < -0.4 is 10.2 Å². The van der Waals surface area contributed by atoms with Gasteiger partial charge in [-0.05, 0) is 53.4 Å². The second-order valence-electron chi connectivity index (χ2n) is 5.52. The fourth-order valence-electron chi connectivity index (χ4n) is 2.64. The number of nitrogens with one attached hydrogen (secondary N) is 1. The molecule has 3 rings (SSSR count). The Morgan fingerprint density at radius 1 is 1.33 bits per heavy atom. The van der Waals surface area contributed by atoms with Gasteiger partial charge in [-0.2, -0.15) is 11.3 Å². The van der Waals surface area contributed by atoms with Gasteiger partial charge in [0.1, 0.15) is 0 Å². The lowest BCUT2D eigenvalue weighted by molar-refractivity contribution is 0.715. The van der Waals surface area contributed by atoms with Crippen LogP contribution in [0.4, 0.5) is 5.69 Å². The van der Waals surface area contributed by atoms with E-state index < -0.39 is 0 Å². The minimum absolute atomic E-state index is 0.644. The number of anilines is 1. The molecular weight excluding hydrogens is 300 g/mol. The van der Waals surface area contributed by atoms with Crippen molar-refractivity contribution in [2.24, 2.45) is 0 Å². The van der Waals surface area contributed by atoms with Gasteiger partial charge in [0.15, 0.2) is 0 Å². The number of benzene rings is 1. The molecule has 0 spiro atoms. The number of thiophene rings is 1. The van der Waals surface area contributed by atoms with Crippen molar-refractivity contribution in [2.45, 2.75) is 38.9 Å². The van der Waals surface area contributed by atoms with E-state index >= 15 is 0 Å². The summed E-state index contributed by atoms with van der Waals surface area (Å²) in [6, 6.07) is 9.10. The Balaban J connectivity index is 1.90. The third kappa shape index (κ3) is 3.60. The number of hydrogen-bond donors (Lipinski definition) is 1. The molecule has 1 saturated carbocycles. The molecule has 0 aliphatic heterocycles. The minimum Gasteiger partial charge on any atom is -0.363 e. The number of para-hydroxylation sites is 1. The van der Waals surface area contributed by atoms with E-state index in [-0.39, 0.29) is 0 Å². The quantitative estimate of drug-likeness (QED) is 0.797. The summed E-state index contributed by atoms with van der Waals surface area (Å²) < 4.78 is 0. The standard InChI is InChI=1S/C17H21ClN2S/c1-2-19-10-14-4-3-5-16(18)17(14)20(15-6-7-15)11-13-8-9-21-12-13/h3-5,8-9,12,15,19H,2,6-7,10-11H2,1H3. The number of nitrogens with zero attached hydrogens (tertiary/aromatic N) is 1. The molecule has 1 aliphatic carbocycles. The van der Waals surface area contributed by atoms with Gasteiger partial charge in [-0.15, -0.1) is 0 Å². The monoisotopic (exact) mass is 320 g/mol. The smallest absolute Gasteiger partial charge is 0.0643 e. The second-order valence-corrected chi connectivity index (χ2v) is 6.71. The van der Waals surface area contributed by atoms with Crippen LogP contribution in [0.1, 0.15) is 30.9 Å². The van der Waals surface area contributed by atoms with E-state index in [9.17, 15) is 0 Å². The average molecular weight is 321 g/mol. The van der Waals surface area contributed by atoms with Crippen molar-refractivity contribution in [1.82, 2.24) is 5.32 Å². The van der Waals surface area contributed by atoms with Crippen molar-refractivity contribution in [3.05, 3.63) is 51.2 Å². The maximum Gasteiger partial charge on any atom is 0.0643 e. The first-order valence-electron chi connectivity index (χ1n) is 7.55. The zero-order valence-electron chi connectivity index (χ0n) is 12.3. The van der Waals surface area contributed by atoms with Crippen LogP contribution in [0.15, 0.2) is 35.0 Å². The van der Waals surface area contributed by atoms with Crippen molar-refractivity contribution >= 4 is 28.6 Å². The molecular formula is C17H21ClN2S. The van der Waals surface area contributed by atoms with E-state index in [0.29, 0.717) is 6.04 Å². The first kappa shape index (κ1) is 14.9. The molecule has 0 bridgehead atoms. The van der Waals surface area contributed by atoms with Gasteiger partial charge in [0.25, 0.3) is 0 Å². The van der Waals surface area contributed by atoms with Crippen molar-refractivity contribution in [3.63, 3.8) is 0 Å². The Bertz CT molecular complexity index is 578. The largest absolute Gasteiger partial charge is 0.363 e. The first-order chi connectivity index (χ1) is 10.3. The Morgan fingerprint density at radius 3 is 2.86 bits per heavy atom. The lowest BCUT2D eigenvalue weighted by atomic mass is 10.1. The highest BCUT2D eigenvalue weighted by Gasteiger charge is 2.31. The summed E-state index contributed by atoms with van der Waals surface area (Å²) in [6.07, 6.45) is 2.55. The van der Waals surface area contributed by atoms with Crippen molar-refractivity contribution in [3.8, 4) is 0 Å². The van der Waals surface area contributed by atoms with Crippen LogP contribution in [-0.2, 0) is 13.1 Å². The van der Waals surface area contributed by atoms with Crippen LogP contribution >= 0.6 is 22.9 Å². The highest BCUT2D eigenvalue weighted by atomic mass is 35.5. The van der Waals surface area contributed by atoms with E-state index in [1.165, 1.54) is 29.7 Å². The molecule has 1 N–H and O–H groups in total. The lowest BCUT2D eigenvalue weighted by Gasteiger charge is -2.28. The van der Waals surface area contributed by atoms with Gasteiger partial charge in [0.05, 0.1) is 10.7 Å². The molecule has 21 heavy (non-hydrogen) atoms. The van der Waals surface area contributed by atoms with Gasteiger partial charge in [-0.1, -0.05) is 30.7 Å². The number of rotatable bonds is 7. The summed E-state index contributed by atoms with van der Waals surface area (Å²) in [5.74, 6) is 0. The highest BCUT2D eigenvalue weighted by Crippen LogP contribution is 2.39. The molecule has 1 fully saturated rings. The molecule has 1 heterocycles. The molecule has 1 aromatic carbocycles. The Hall–Kier alpha value is -1.03. The van der Waals surface area contributed by atoms with E-state index in [1.807, 2.05) is 12.1 Å². The van der Waals surface area contributed by atoms with Crippen LogP contribution in [0.3, 0.4) is 0 Å². The maximum absolute atomic E-state index is 6.55. The first-order valence-corrected chi connectivity index (χ1v) is 8.87. The fraction of sp³-hybridized carbons (Fsp3) is 0.412. The minimum atomic E-state index is 0.644. The van der Waals surface area contributed by atoms with Gasteiger partial charge in [0.2, 0.25) is 0 Å². The van der Waals surface area contributed by atoms with E-state index in [2.05, 4.69) is 40.0 Å². The SMILES string of the molecule is CCNCc1cccc(Cl)c1N(Cc1ccsc1)C1CC1. The summed E-state index contributed by atoms with van der Waals surface area (Å²) in [7, 11) is 0. The van der Waals surface area contributed by atoms with Gasteiger partial charge in [0, 0.05) is 19.1 Å². The van der Waals surface area contributed by atoms with E-state index in [1.54, 1.807) is 11.3 Å². The van der Waals surface area contributed by atoms with Crippen molar-refractivity contribution in [2.75, 3.05) is 11.4 Å². The topological polar surface area (TPSA) is 15.3 Å². The summed E-state index contributed by atoms with van der Waals surface area (Å²) in [5, 5.41) is 8.67. The zero-order valence-corrected chi connectivity index (χ0v) is 13.9. The van der Waals surface area contributed by atoms with Crippen LogP contribution in [0.2, 0.25) is 5.02 Å². The Kier molecular flexibility index (Phi) is 4.84. The molecule has 2 aromatic rings. The summed E-state index contributed by atoms with van der Waals surface area (Å²) in [5.41, 5.74) is 3.89. The fourth-order valence-corrected chi connectivity index (χ4v) is 3.60. The van der Waals surface area contributed by atoms with E-state index in [0.717, 1.165) is 24.7 Å². The predicted octanol–water partition coefficient (Wildman–Crippen LogP) is 4.68. The molecule has 4 heteroatoms. The van der Waals surface area contributed by atoms with Gasteiger partial charge in [-0.25, -0.2) is 0 Å². The summed E-state index contributed by atoms with van der Waals surface area (Å²) in [6.45, 7) is 4.93. The van der Waals surface area contributed by atoms with Crippen LogP contribution in [0, 0.1) is 0 Å². The Morgan fingerprint density at radius 2 is 2.19 bits per heavy atom. The molecule has 0 amide bonds. The predicted molar refractivity (Wildman–Crippen MR) is 92.4 cm³/mol. The molecule has 0 unspecified atom stereocenters. The molecule has 112 valence electrons. The third-order valence-corrected chi connectivity index (χ3v) is 4.88. The molecule has 1 aliphatic rings. The van der Waals surface area contributed by atoms with Crippen molar-refractivity contribution < 1.29 is 0 Å². The van der Waals surface area contributed by atoms with E-state index in [4.69, 9.17) is 11.6 Å². The highest BCUT2D eigenvalue weighted by molar-refractivity contribution is 7.07. The van der Waals surface area contributed by atoms with Gasteiger partial charge >= 0.3 is 0 Å². The number of halogens is 1. The van der Waals surface area contributed by atoms with Crippen LogP contribution in [0.5, 0.6) is 0 Å². The van der Waals surface area contributed by atoms with Gasteiger partial charge in [-0.3, -0.25) is 0 Å². The maximum atomic E-state index is 6.55. The molecule has 2 nitrogen and oxygen atoms in total. The second kappa shape index (κ2) is 6.82. The third-order valence-electron chi connectivity index (χ3n) is 3.84. The zero-order chi connectivity index (χ0) is 14.7. The average Bonchev–Trinajstić information content (AvgIpc) is 3.20. The molecule has 0 radical (unpaired) electrons. The van der Waals surface area contributed by atoms with Crippen LogP contribution in [-0.4, -0.2) is 12.6 Å². The molecule has 1 aromatic heterocycles. The summed E-state index contributed by atoms with van der Waals surface area (Å²) >= 11 is 8.31. The van der Waals surface area contributed by atoms with Crippen molar-refractivity contribution in [1.29, 1.82) is 0 Å². The van der Waals surface area contributed by atoms with Crippen LogP contribution in [0.25, 0.3) is 0 Å².